The number of aromatic nitrogens is 1. The molecular formula is C10H17Cl2N3S. The first kappa shape index (κ1) is 14.0. The predicted molar refractivity (Wildman–Crippen MR) is 73.1 cm³/mol. The normalized spacial score (nSPS) is 27.0. The lowest BCUT2D eigenvalue weighted by Crippen LogP contribution is -2.42. The molecule has 3 nitrogen and oxygen atoms in total. The minimum Gasteiger partial charge on any atom is -0.375 e. The average Bonchev–Trinajstić information content (AvgIpc) is 2.59. The maximum atomic E-state index is 5.77. The molecule has 0 bridgehead atoms. The molecule has 0 spiro atoms. The van der Waals surface area contributed by atoms with E-state index in [-0.39, 0.29) is 24.8 Å². The number of anilines is 1. The summed E-state index contributed by atoms with van der Waals surface area (Å²) in [7, 11) is 0. The van der Waals surface area contributed by atoms with Crippen molar-refractivity contribution in [1.82, 2.24) is 10.3 Å². The van der Waals surface area contributed by atoms with Gasteiger partial charge in [-0.25, -0.2) is 4.98 Å². The predicted octanol–water partition coefficient (Wildman–Crippen LogP) is 2.35. The van der Waals surface area contributed by atoms with Gasteiger partial charge in [-0.15, -0.1) is 36.2 Å². The first-order chi connectivity index (χ1) is 6.84. The molecule has 1 fully saturated rings. The molecule has 92 valence electrons. The Balaban J connectivity index is 0.000000640. The van der Waals surface area contributed by atoms with Gasteiger partial charge in [-0.05, 0) is 32.2 Å². The molecule has 2 unspecified atom stereocenters. The van der Waals surface area contributed by atoms with Gasteiger partial charge in [-0.3, -0.25) is 0 Å². The summed E-state index contributed by atoms with van der Waals surface area (Å²) in [6, 6.07) is 0.665. The summed E-state index contributed by atoms with van der Waals surface area (Å²) in [6.45, 7) is 1.18. The summed E-state index contributed by atoms with van der Waals surface area (Å²) in [6.07, 6.45) is 4.99. The van der Waals surface area contributed by atoms with Crippen LogP contribution in [0.3, 0.4) is 0 Å². The molecule has 0 saturated carbocycles. The zero-order valence-corrected chi connectivity index (χ0v) is 11.4. The molecule has 0 amide bonds. The van der Waals surface area contributed by atoms with Gasteiger partial charge in [0.2, 0.25) is 0 Å². The van der Waals surface area contributed by atoms with Crippen molar-refractivity contribution in [1.29, 1.82) is 0 Å². The highest BCUT2D eigenvalue weighted by Crippen LogP contribution is 2.39. The van der Waals surface area contributed by atoms with Crippen molar-refractivity contribution >= 4 is 41.3 Å². The van der Waals surface area contributed by atoms with Crippen LogP contribution in [0.5, 0.6) is 0 Å². The van der Waals surface area contributed by atoms with Crippen LogP contribution >= 0.6 is 36.2 Å². The van der Waals surface area contributed by atoms with Crippen LogP contribution in [0.1, 0.15) is 35.8 Å². The van der Waals surface area contributed by atoms with Crippen molar-refractivity contribution in [3.63, 3.8) is 0 Å². The van der Waals surface area contributed by atoms with Gasteiger partial charge in [0.05, 0.1) is 5.69 Å². The van der Waals surface area contributed by atoms with Crippen LogP contribution in [0.15, 0.2) is 0 Å². The standard InChI is InChI=1S/C10H15N3S.2ClH/c11-10-13-9-6-2-1-5-12-7(6)3-4-8(9)14-10;;/h6-7,12H,1-5H2,(H2,11,13);2*1H. The topological polar surface area (TPSA) is 50.9 Å². The van der Waals surface area contributed by atoms with E-state index in [1.54, 1.807) is 11.3 Å². The van der Waals surface area contributed by atoms with E-state index in [0.717, 1.165) is 5.13 Å². The third-order valence-corrected chi connectivity index (χ3v) is 4.32. The number of thiazole rings is 1. The van der Waals surface area contributed by atoms with Gasteiger partial charge in [0.15, 0.2) is 5.13 Å². The maximum Gasteiger partial charge on any atom is 0.180 e. The number of fused-ring (bicyclic) bond motifs is 3. The van der Waals surface area contributed by atoms with Crippen molar-refractivity contribution in [2.75, 3.05) is 12.3 Å². The van der Waals surface area contributed by atoms with Gasteiger partial charge >= 0.3 is 0 Å². The molecule has 2 heterocycles. The van der Waals surface area contributed by atoms with Crippen LogP contribution in [0.2, 0.25) is 0 Å². The number of rotatable bonds is 0. The number of hydrogen-bond acceptors (Lipinski definition) is 4. The second-order valence-corrected chi connectivity index (χ2v) is 5.32. The number of nitrogen functional groups attached to an aromatic ring is 1. The summed E-state index contributed by atoms with van der Waals surface area (Å²) >= 11 is 1.68. The van der Waals surface area contributed by atoms with E-state index in [1.807, 2.05) is 0 Å². The van der Waals surface area contributed by atoms with Gasteiger partial charge in [-0.1, -0.05) is 0 Å². The van der Waals surface area contributed by atoms with E-state index in [0.29, 0.717) is 12.0 Å². The molecule has 0 radical (unpaired) electrons. The number of aryl methyl sites for hydroxylation is 1. The number of piperidine rings is 1. The third-order valence-electron chi connectivity index (χ3n) is 3.36. The molecule has 3 N–H and O–H groups in total. The van der Waals surface area contributed by atoms with Crippen molar-refractivity contribution in [2.45, 2.75) is 37.6 Å². The zero-order chi connectivity index (χ0) is 9.54. The summed E-state index contributed by atoms with van der Waals surface area (Å²) in [5.41, 5.74) is 7.07. The number of nitrogens with two attached hydrogens (primary N) is 1. The van der Waals surface area contributed by atoms with Crippen LogP contribution in [0, 0.1) is 0 Å². The van der Waals surface area contributed by atoms with Crippen LogP contribution in [0.25, 0.3) is 0 Å². The molecule has 2 atom stereocenters. The molecule has 6 heteroatoms. The molecule has 1 aliphatic carbocycles. The molecule has 0 aromatic carbocycles. The Morgan fingerprint density at radius 3 is 2.94 bits per heavy atom. The fourth-order valence-corrected chi connectivity index (χ4v) is 3.64. The maximum absolute atomic E-state index is 5.77. The SMILES string of the molecule is Cl.Cl.Nc1nc2c(s1)CCC1NCCCC21. The number of nitrogens with zero attached hydrogens (tertiary/aromatic N) is 1. The van der Waals surface area contributed by atoms with E-state index >= 15 is 0 Å². The molecule has 2 aliphatic rings. The van der Waals surface area contributed by atoms with E-state index in [9.17, 15) is 0 Å². The van der Waals surface area contributed by atoms with Crippen molar-refractivity contribution in [3.8, 4) is 0 Å². The first-order valence-electron chi connectivity index (χ1n) is 5.33. The largest absolute Gasteiger partial charge is 0.375 e. The quantitative estimate of drug-likeness (QED) is 0.768. The molecule has 1 aromatic heterocycles. The van der Waals surface area contributed by atoms with E-state index in [1.165, 1.54) is 42.8 Å². The molecule has 1 saturated heterocycles. The number of halogens is 2. The Hall–Kier alpha value is -0.0300. The van der Waals surface area contributed by atoms with Gasteiger partial charge in [0.25, 0.3) is 0 Å². The third kappa shape index (κ3) is 2.30. The van der Waals surface area contributed by atoms with Gasteiger partial charge in [0, 0.05) is 16.8 Å². The fraction of sp³-hybridized carbons (Fsp3) is 0.700. The smallest absolute Gasteiger partial charge is 0.180 e. The Morgan fingerprint density at radius 2 is 2.12 bits per heavy atom. The van der Waals surface area contributed by atoms with Crippen LogP contribution < -0.4 is 11.1 Å². The van der Waals surface area contributed by atoms with Crippen molar-refractivity contribution < 1.29 is 0 Å². The molecule has 1 aliphatic heterocycles. The Kier molecular flexibility index (Phi) is 4.86. The second-order valence-electron chi connectivity index (χ2n) is 4.21. The van der Waals surface area contributed by atoms with Crippen molar-refractivity contribution in [3.05, 3.63) is 10.6 Å². The first-order valence-corrected chi connectivity index (χ1v) is 6.14. The van der Waals surface area contributed by atoms with Crippen LogP contribution in [0.4, 0.5) is 5.13 Å². The highest BCUT2D eigenvalue weighted by atomic mass is 35.5. The summed E-state index contributed by atoms with van der Waals surface area (Å²) in [4.78, 5) is 5.93. The summed E-state index contributed by atoms with van der Waals surface area (Å²) < 4.78 is 0. The monoisotopic (exact) mass is 281 g/mol. The van der Waals surface area contributed by atoms with Gasteiger partial charge in [-0.2, -0.15) is 0 Å². The van der Waals surface area contributed by atoms with Gasteiger partial charge < -0.3 is 11.1 Å². The number of nitrogens with one attached hydrogen (secondary N) is 1. The average molecular weight is 282 g/mol. The lowest BCUT2D eigenvalue weighted by atomic mass is 9.81. The van der Waals surface area contributed by atoms with Crippen molar-refractivity contribution in [2.24, 2.45) is 0 Å². The fourth-order valence-electron chi connectivity index (χ4n) is 2.72. The Bertz CT molecular complexity index is 356. The Morgan fingerprint density at radius 1 is 1.31 bits per heavy atom. The van der Waals surface area contributed by atoms with E-state index in [2.05, 4.69) is 10.3 Å². The van der Waals surface area contributed by atoms with Gasteiger partial charge in [0.1, 0.15) is 0 Å². The highest BCUT2D eigenvalue weighted by molar-refractivity contribution is 7.15. The summed E-state index contributed by atoms with van der Waals surface area (Å²) in [5.74, 6) is 0.640. The molecular weight excluding hydrogens is 265 g/mol. The Labute approximate surface area is 112 Å². The molecule has 1 aromatic rings. The molecule has 3 rings (SSSR count). The molecule has 16 heavy (non-hydrogen) atoms. The minimum absolute atomic E-state index is 0. The van der Waals surface area contributed by atoms with E-state index in [4.69, 9.17) is 5.73 Å². The zero-order valence-electron chi connectivity index (χ0n) is 8.94. The van der Waals surface area contributed by atoms with Crippen LogP contribution in [-0.2, 0) is 6.42 Å². The highest BCUT2D eigenvalue weighted by Gasteiger charge is 2.33. The number of hydrogen-bond donors (Lipinski definition) is 2. The van der Waals surface area contributed by atoms with Crippen LogP contribution in [-0.4, -0.2) is 17.6 Å². The minimum atomic E-state index is 0. The lowest BCUT2D eigenvalue weighted by molar-refractivity contribution is 0.316. The summed E-state index contributed by atoms with van der Waals surface area (Å²) in [5, 5.41) is 4.35. The second kappa shape index (κ2) is 5.54. The van der Waals surface area contributed by atoms with E-state index < -0.39 is 0 Å². The lowest BCUT2D eigenvalue weighted by Gasteiger charge is -2.35.